The van der Waals surface area contributed by atoms with E-state index in [9.17, 15) is 9.59 Å². The second-order valence-corrected chi connectivity index (χ2v) is 6.43. The summed E-state index contributed by atoms with van der Waals surface area (Å²) in [5, 5.41) is 2.71. The summed E-state index contributed by atoms with van der Waals surface area (Å²) in [4.78, 5) is 25.3. The smallest absolute Gasteiger partial charge is 0.410 e. The molecule has 1 fully saturated rings. The summed E-state index contributed by atoms with van der Waals surface area (Å²) in [6, 6.07) is 0. The van der Waals surface area contributed by atoms with Crippen molar-refractivity contribution in [2.24, 2.45) is 0 Å². The quantitative estimate of drug-likeness (QED) is 0.842. The summed E-state index contributed by atoms with van der Waals surface area (Å²) in [5.74, 6) is -0.124. The number of amides is 2. The molecule has 0 saturated carbocycles. The van der Waals surface area contributed by atoms with E-state index in [2.05, 4.69) is 5.32 Å². The molecule has 0 radical (unpaired) electrons. The molecule has 2 amide bonds. The summed E-state index contributed by atoms with van der Waals surface area (Å²) in [5.41, 5.74) is -0.946. The molecule has 1 atom stereocenters. The van der Waals surface area contributed by atoms with Crippen molar-refractivity contribution in [1.29, 1.82) is 0 Å². The molecule has 1 aliphatic heterocycles. The van der Waals surface area contributed by atoms with Crippen LogP contribution < -0.4 is 5.32 Å². The fraction of sp³-hybridized carbons (Fsp3) is 0.867. The van der Waals surface area contributed by atoms with Crippen LogP contribution in [0.2, 0.25) is 0 Å². The molecule has 6 nitrogen and oxygen atoms in total. The van der Waals surface area contributed by atoms with Crippen LogP contribution in [0.15, 0.2) is 0 Å². The van der Waals surface area contributed by atoms with Crippen LogP contribution in [0, 0.1) is 0 Å². The topological polar surface area (TPSA) is 67.9 Å². The molecular formula is C15H28N2O4. The number of likely N-dealkylation sites (tertiary alicyclic amines) is 1. The highest BCUT2D eigenvalue weighted by molar-refractivity contribution is 5.77. The summed E-state index contributed by atoms with van der Waals surface area (Å²) < 4.78 is 11.2. The minimum Gasteiger partial charge on any atom is -0.444 e. The highest BCUT2D eigenvalue weighted by Gasteiger charge is 2.41. The Kier molecular flexibility index (Phi) is 6.01. The van der Waals surface area contributed by atoms with E-state index in [1.807, 2.05) is 34.6 Å². The number of rotatable bonds is 5. The molecular weight excluding hydrogens is 272 g/mol. The first-order chi connectivity index (χ1) is 9.71. The second-order valence-electron chi connectivity index (χ2n) is 6.43. The van der Waals surface area contributed by atoms with Crippen molar-refractivity contribution in [2.45, 2.75) is 58.7 Å². The van der Waals surface area contributed by atoms with Crippen molar-refractivity contribution in [2.75, 3.05) is 26.2 Å². The Balaban J connectivity index is 2.55. The zero-order valence-corrected chi connectivity index (χ0v) is 13.8. The van der Waals surface area contributed by atoms with Crippen molar-refractivity contribution in [1.82, 2.24) is 10.2 Å². The van der Waals surface area contributed by atoms with E-state index in [1.165, 1.54) is 0 Å². The van der Waals surface area contributed by atoms with E-state index < -0.39 is 11.2 Å². The van der Waals surface area contributed by atoms with Crippen LogP contribution in [0.25, 0.3) is 0 Å². The lowest BCUT2D eigenvalue weighted by Crippen LogP contribution is -2.42. The molecule has 1 N–H and O–H groups in total. The standard InChI is InChI=1S/C15H28N2O4/c1-6-15(20-10-12(18)16-7-2)8-9-17(11-15)13(19)21-14(3,4)5/h6-11H2,1-5H3,(H,16,18). The van der Waals surface area contributed by atoms with E-state index in [1.54, 1.807) is 4.90 Å². The molecule has 1 aliphatic rings. The lowest BCUT2D eigenvalue weighted by Gasteiger charge is -2.29. The number of ether oxygens (including phenoxy) is 2. The first kappa shape index (κ1) is 17.8. The van der Waals surface area contributed by atoms with E-state index in [0.717, 1.165) is 12.8 Å². The van der Waals surface area contributed by atoms with Crippen molar-refractivity contribution in [3.63, 3.8) is 0 Å². The fourth-order valence-electron chi connectivity index (χ4n) is 2.30. The SMILES string of the molecule is CCNC(=O)COC1(CC)CCN(C(=O)OC(C)(C)C)C1. The van der Waals surface area contributed by atoms with Crippen LogP contribution in [0.5, 0.6) is 0 Å². The average molecular weight is 300 g/mol. The van der Waals surface area contributed by atoms with Gasteiger partial charge in [0.2, 0.25) is 5.91 Å². The fourth-order valence-corrected chi connectivity index (χ4v) is 2.30. The van der Waals surface area contributed by atoms with Gasteiger partial charge in [-0.05, 0) is 40.5 Å². The Hall–Kier alpha value is -1.30. The molecule has 0 aromatic carbocycles. The molecule has 1 saturated heterocycles. The monoisotopic (exact) mass is 300 g/mol. The third-order valence-corrected chi connectivity index (χ3v) is 3.50. The highest BCUT2D eigenvalue weighted by atomic mass is 16.6. The van der Waals surface area contributed by atoms with E-state index >= 15 is 0 Å². The van der Waals surface area contributed by atoms with Gasteiger partial charge < -0.3 is 19.7 Å². The lowest BCUT2D eigenvalue weighted by molar-refractivity contribution is -0.132. The predicted octanol–water partition coefficient (Wildman–Crippen LogP) is 1.93. The van der Waals surface area contributed by atoms with Crippen LogP contribution in [0.3, 0.4) is 0 Å². The molecule has 0 aromatic rings. The number of nitrogens with zero attached hydrogens (tertiary/aromatic N) is 1. The molecule has 0 aliphatic carbocycles. The Labute approximate surface area is 127 Å². The predicted molar refractivity (Wildman–Crippen MR) is 80.1 cm³/mol. The van der Waals surface area contributed by atoms with Crippen LogP contribution in [-0.2, 0) is 14.3 Å². The molecule has 1 heterocycles. The maximum atomic E-state index is 12.1. The lowest BCUT2D eigenvalue weighted by atomic mass is 10.00. The summed E-state index contributed by atoms with van der Waals surface area (Å²) >= 11 is 0. The molecule has 0 aromatic heterocycles. The molecule has 1 rings (SSSR count). The summed E-state index contributed by atoms with van der Waals surface area (Å²) in [6.07, 6.45) is 1.16. The van der Waals surface area contributed by atoms with Crippen molar-refractivity contribution in [3.05, 3.63) is 0 Å². The van der Waals surface area contributed by atoms with E-state index in [0.29, 0.717) is 19.6 Å². The largest absolute Gasteiger partial charge is 0.444 e. The number of carbonyl (C=O) groups excluding carboxylic acids is 2. The van der Waals surface area contributed by atoms with Gasteiger partial charge in [0.1, 0.15) is 12.2 Å². The molecule has 0 bridgehead atoms. The average Bonchev–Trinajstić information content (AvgIpc) is 2.80. The second kappa shape index (κ2) is 7.11. The number of hydrogen-bond donors (Lipinski definition) is 1. The van der Waals surface area contributed by atoms with Gasteiger partial charge in [-0.1, -0.05) is 6.92 Å². The number of carbonyl (C=O) groups is 2. The maximum Gasteiger partial charge on any atom is 0.410 e. The molecule has 21 heavy (non-hydrogen) atoms. The van der Waals surface area contributed by atoms with E-state index in [-0.39, 0.29) is 18.6 Å². The van der Waals surface area contributed by atoms with Gasteiger partial charge >= 0.3 is 6.09 Å². The van der Waals surface area contributed by atoms with Gasteiger partial charge in [-0.25, -0.2) is 4.79 Å². The van der Waals surface area contributed by atoms with Crippen LogP contribution in [0.1, 0.15) is 47.5 Å². The third-order valence-electron chi connectivity index (χ3n) is 3.50. The summed E-state index contributed by atoms with van der Waals surface area (Å²) in [7, 11) is 0. The van der Waals surface area contributed by atoms with Gasteiger partial charge in [0.25, 0.3) is 0 Å². The van der Waals surface area contributed by atoms with Gasteiger partial charge in [0.05, 0.1) is 12.1 Å². The maximum absolute atomic E-state index is 12.1. The van der Waals surface area contributed by atoms with Crippen LogP contribution >= 0.6 is 0 Å². The molecule has 1 unspecified atom stereocenters. The Morgan fingerprint density at radius 2 is 1.95 bits per heavy atom. The van der Waals surface area contributed by atoms with E-state index in [4.69, 9.17) is 9.47 Å². The third kappa shape index (κ3) is 5.53. The normalized spacial score (nSPS) is 22.2. The minimum absolute atomic E-state index is 0.0316. The van der Waals surface area contributed by atoms with Gasteiger partial charge in [0, 0.05) is 13.1 Å². The molecule has 122 valence electrons. The Morgan fingerprint density at radius 3 is 2.48 bits per heavy atom. The Morgan fingerprint density at radius 1 is 1.29 bits per heavy atom. The highest BCUT2D eigenvalue weighted by Crippen LogP contribution is 2.29. The zero-order valence-electron chi connectivity index (χ0n) is 13.8. The molecule has 0 spiro atoms. The minimum atomic E-state index is -0.504. The Bertz CT molecular complexity index is 378. The number of hydrogen-bond acceptors (Lipinski definition) is 4. The van der Waals surface area contributed by atoms with Crippen molar-refractivity contribution >= 4 is 12.0 Å². The number of nitrogens with one attached hydrogen (secondary N) is 1. The first-order valence-corrected chi connectivity index (χ1v) is 7.60. The van der Waals surface area contributed by atoms with Crippen LogP contribution in [-0.4, -0.2) is 54.3 Å². The van der Waals surface area contributed by atoms with Gasteiger partial charge in [0.15, 0.2) is 0 Å². The first-order valence-electron chi connectivity index (χ1n) is 7.60. The van der Waals surface area contributed by atoms with Crippen molar-refractivity contribution < 1.29 is 19.1 Å². The summed E-state index contributed by atoms with van der Waals surface area (Å²) in [6.45, 7) is 11.1. The molecule has 6 heteroatoms. The zero-order chi connectivity index (χ0) is 16.1. The van der Waals surface area contributed by atoms with Gasteiger partial charge in [-0.15, -0.1) is 0 Å². The van der Waals surface area contributed by atoms with Crippen molar-refractivity contribution in [3.8, 4) is 0 Å². The van der Waals surface area contributed by atoms with Crippen LogP contribution in [0.4, 0.5) is 4.79 Å². The van der Waals surface area contributed by atoms with Gasteiger partial charge in [-0.2, -0.15) is 0 Å². The number of likely N-dealkylation sites (N-methyl/N-ethyl adjacent to an activating group) is 1. The van der Waals surface area contributed by atoms with Gasteiger partial charge in [-0.3, -0.25) is 4.79 Å².